The number of carboxylic acid groups (broad SMARTS) is 1. The SMILES string of the molecule is C=CCC(CC=C)(C(=O)O)C(F)(F)F. The zero-order valence-corrected chi connectivity index (χ0v) is 7.47. The van der Waals surface area contributed by atoms with Gasteiger partial charge in [0.25, 0.3) is 0 Å². The molecule has 0 spiro atoms. The van der Waals surface area contributed by atoms with Crippen molar-refractivity contribution in [3.63, 3.8) is 0 Å². The van der Waals surface area contributed by atoms with Gasteiger partial charge >= 0.3 is 12.1 Å². The lowest BCUT2D eigenvalue weighted by molar-refractivity contribution is -0.230. The van der Waals surface area contributed by atoms with Crippen LogP contribution in [0.5, 0.6) is 0 Å². The summed E-state index contributed by atoms with van der Waals surface area (Å²) in [6.45, 7) is 6.25. The van der Waals surface area contributed by atoms with Gasteiger partial charge in [0.05, 0.1) is 0 Å². The van der Waals surface area contributed by atoms with E-state index in [2.05, 4.69) is 13.2 Å². The molecule has 0 aliphatic carbocycles. The molecule has 0 aromatic heterocycles. The summed E-state index contributed by atoms with van der Waals surface area (Å²) in [4.78, 5) is 10.6. The van der Waals surface area contributed by atoms with E-state index in [1.807, 2.05) is 0 Å². The van der Waals surface area contributed by atoms with Crippen LogP contribution in [0.1, 0.15) is 12.8 Å². The molecule has 0 aliphatic heterocycles. The first kappa shape index (κ1) is 12.7. The predicted octanol–water partition coefficient (Wildman–Crippen LogP) is 2.77. The highest BCUT2D eigenvalue weighted by Gasteiger charge is 2.58. The topological polar surface area (TPSA) is 37.3 Å². The molecule has 0 aromatic rings. The van der Waals surface area contributed by atoms with Gasteiger partial charge in [-0.25, -0.2) is 0 Å². The highest BCUT2D eigenvalue weighted by molar-refractivity contribution is 5.76. The van der Waals surface area contributed by atoms with Gasteiger partial charge in [0.15, 0.2) is 5.41 Å². The second kappa shape index (κ2) is 4.30. The highest BCUT2D eigenvalue weighted by Crippen LogP contribution is 2.44. The first-order valence-electron chi connectivity index (χ1n) is 3.83. The smallest absolute Gasteiger partial charge is 0.405 e. The Morgan fingerprint density at radius 2 is 1.57 bits per heavy atom. The van der Waals surface area contributed by atoms with Crippen molar-refractivity contribution >= 4 is 5.97 Å². The van der Waals surface area contributed by atoms with Crippen molar-refractivity contribution in [3.8, 4) is 0 Å². The highest BCUT2D eigenvalue weighted by atomic mass is 19.4. The van der Waals surface area contributed by atoms with Crippen LogP contribution in [0.2, 0.25) is 0 Å². The molecule has 0 unspecified atom stereocenters. The first-order valence-corrected chi connectivity index (χ1v) is 3.83. The Labute approximate surface area is 79.7 Å². The van der Waals surface area contributed by atoms with Crippen molar-refractivity contribution < 1.29 is 23.1 Å². The van der Waals surface area contributed by atoms with E-state index >= 15 is 0 Å². The number of carboxylic acids is 1. The number of alkyl halides is 3. The zero-order valence-electron chi connectivity index (χ0n) is 7.47. The van der Waals surface area contributed by atoms with Crippen LogP contribution in [-0.2, 0) is 4.79 Å². The Balaban J connectivity index is 5.24. The molecule has 0 fully saturated rings. The van der Waals surface area contributed by atoms with Crippen LogP contribution in [0.15, 0.2) is 25.3 Å². The van der Waals surface area contributed by atoms with Crippen molar-refractivity contribution in [1.82, 2.24) is 0 Å². The van der Waals surface area contributed by atoms with Gasteiger partial charge in [-0.15, -0.1) is 13.2 Å². The maximum atomic E-state index is 12.5. The molecule has 0 aromatic carbocycles. The third kappa shape index (κ3) is 2.16. The second-order valence-corrected chi connectivity index (χ2v) is 2.87. The lowest BCUT2D eigenvalue weighted by Gasteiger charge is -2.29. The zero-order chi connectivity index (χ0) is 11.4. The fraction of sp³-hybridized carbons (Fsp3) is 0.444. The second-order valence-electron chi connectivity index (χ2n) is 2.87. The van der Waals surface area contributed by atoms with Crippen molar-refractivity contribution in [2.45, 2.75) is 19.0 Å². The van der Waals surface area contributed by atoms with Gasteiger partial charge in [0.2, 0.25) is 0 Å². The molecule has 1 N–H and O–H groups in total. The summed E-state index contributed by atoms with van der Waals surface area (Å²) in [7, 11) is 0. The average molecular weight is 208 g/mol. The minimum Gasteiger partial charge on any atom is -0.481 e. The monoisotopic (exact) mass is 208 g/mol. The number of aliphatic carboxylic acids is 1. The third-order valence-corrected chi connectivity index (χ3v) is 1.94. The first-order chi connectivity index (χ1) is 6.31. The Morgan fingerprint density at radius 1 is 1.21 bits per heavy atom. The van der Waals surface area contributed by atoms with E-state index in [1.54, 1.807) is 0 Å². The molecule has 2 nitrogen and oxygen atoms in total. The van der Waals surface area contributed by atoms with Gasteiger partial charge in [-0.2, -0.15) is 13.2 Å². The molecule has 0 saturated heterocycles. The summed E-state index contributed by atoms with van der Waals surface area (Å²) in [5.74, 6) is -1.90. The molecule has 0 aliphatic rings. The number of rotatable bonds is 5. The summed E-state index contributed by atoms with van der Waals surface area (Å²) in [6.07, 6.45) is -4.22. The molecule has 0 amide bonds. The van der Waals surface area contributed by atoms with E-state index in [4.69, 9.17) is 5.11 Å². The average Bonchev–Trinajstić information content (AvgIpc) is 2.01. The van der Waals surface area contributed by atoms with Gasteiger partial charge in [-0.05, 0) is 12.8 Å². The maximum absolute atomic E-state index is 12.5. The molecule has 80 valence electrons. The van der Waals surface area contributed by atoms with Crippen LogP contribution < -0.4 is 0 Å². The van der Waals surface area contributed by atoms with Crippen LogP contribution in [0.25, 0.3) is 0 Å². The van der Waals surface area contributed by atoms with Crippen LogP contribution in [0.3, 0.4) is 0 Å². The quantitative estimate of drug-likeness (QED) is 0.705. The van der Waals surface area contributed by atoms with Crippen molar-refractivity contribution in [1.29, 1.82) is 0 Å². The lowest BCUT2D eigenvalue weighted by Crippen LogP contribution is -2.44. The summed E-state index contributed by atoms with van der Waals surface area (Å²) in [5, 5.41) is 8.61. The number of halogens is 3. The molecule has 0 heterocycles. The Kier molecular flexibility index (Phi) is 3.92. The molecule has 5 heteroatoms. The van der Waals surface area contributed by atoms with E-state index in [9.17, 15) is 18.0 Å². The van der Waals surface area contributed by atoms with Gasteiger partial charge in [0.1, 0.15) is 0 Å². The van der Waals surface area contributed by atoms with E-state index in [0.29, 0.717) is 0 Å². The molecule has 0 atom stereocenters. The van der Waals surface area contributed by atoms with E-state index < -0.39 is 30.4 Å². The molecular weight excluding hydrogens is 197 g/mol. The fourth-order valence-electron chi connectivity index (χ4n) is 1.10. The molecule has 0 bridgehead atoms. The summed E-state index contributed by atoms with van der Waals surface area (Å²) < 4.78 is 37.6. The number of carbonyl (C=O) groups is 1. The van der Waals surface area contributed by atoms with E-state index in [1.165, 1.54) is 0 Å². The lowest BCUT2D eigenvalue weighted by atomic mass is 9.80. The minimum absolute atomic E-state index is 0.655. The molecule has 0 radical (unpaired) electrons. The standard InChI is InChI=1S/C9H11F3O2/c1-3-5-8(6-4-2,7(13)14)9(10,11)12/h3-4H,1-2,5-6H2,(H,13,14). The largest absolute Gasteiger partial charge is 0.481 e. The van der Waals surface area contributed by atoms with Gasteiger partial charge in [0, 0.05) is 0 Å². The summed E-state index contributed by atoms with van der Waals surface area (Å²) in [5.41, 5.74) is -2.78. The van der Waals surface area contributed by atoms with E-state index in [-0.39, 0.29) is 0 Å². The van der Waals surface area contributed by atoms with Gasteiger partial charge in [-0.1, -0.05) is 12.2 Å². The normalized spacial score (nSPS) is 12.2. The predicted molar refractivity (Wildman–Crippen MR) is 45.8 cm³/mol. The molecule has 0 saturated carbocycles. The van der Waals surface area contributed by atoms with Crippen LogP contribution in [-0.4, -0.2) is 17.3 Å². The Bertz CT molecular complexity index is 233. The van der Waals surface area contributed by atoms with Crippen molar-refractivity contribution in [3.05, 3.63) is 25.3 Å². The van der Waals surface area contributed by atoms with Crippen LogP contribution in [0.4, 0.5) is 13.2 Å². The summed E-state index contributed by atoms with van der Waals surface area (Å²) >= 11 is 0. The number of hydrogen-bond acceptors (Lipinski definition) is 1. The molecular formula is C9H11F3O2. The number of hydrogen-bond donors (Lipinski definition) is 1. The maximum Gasteiger partial charge on any atom is 0.405 e. The molecule has 14 heavy (non-hydrogen) atoms. The Hall–Kier alpha value is -1.26. The fourth-order valence-corrected chi connectivity index (χ4v) is 1.10. The van der Waals surface area contributed by atoms with Crippen molar-refractivity contribution in [2.24, 2.45) is 5.41 Å². The molecule has 0 rings (SSSR count). The van der Waals surface area contributed by atoms with Gasteiger partial charge < -0.3 is 5.11 Å². The van der Waals surface area contributed by atoms with Gasteiger partial charge in [-0.3, -0.25) is 4.79 Å². The van der Waals surface area contributed by atoms with Crippen LogP contribution >= 0.6 is 0 Å². The van der Waals surface area contributed by atoms with E-state index in [0.717, 1.165) is 12.2 Å². The third-order valence-electron chi connectivity index (χ3n) is 1.94. The van der Waals surface area contributed by atoms with Crippen LogP contribution in [0, 0.1) is 5.41 Å². The van der Waals surface area contributed by atoms with Crippen molar-refractivity contribution in [2.75, 3.05) is 0 Å². The summed E-state index contributed by atoms with van der Waals surface area (Å²) in [6, 6.07) is 0. The minimum atomic E-state index is -4.80. The Morgan fingerprint density at radius 3 is 1.71 bits per heavy atom. The number of allylic oxidation sites excluding steroid dienone is 2.